The molecule has 222 valence electrons. The zero-order chi connectivity index (χ0) is 30.2. The molecule has 0 saturated heterocycles. The van der Waals surface area contributed by atoms with Gasteiger partial charge in [-0.15, -0.1) is 0 Å². The minimum Gasteiger partial charge on any atom is -0.481 e. The van der Waals surface area contributed by atoms with E-state index in [0.717, 1.165) is 0 Å². The molecule has 15 N–H and O–H groups in total. The number of hydrogen-bond acceptors (Lipinski definition) is 10. The normalized spacial score (nSPS) is 13.6. The number of imidazole rings is 1. The molecule has 0 spiro atoms. The van der Waals surface area contributed by atoms with Gasteiger partial charge in [-0.2, -0.15) is 0 Å². The molecular weight excluding hydrogens is 534 g/mol. The van der Waals surface area contributed by atoms with Gasteiger partial charge in [0.1, 0.15) is 24.2 Å². The standard InChI is InChI=1S/C21H35N11O8/c22-6-15(34)29-11(2-1-3-27-21(24)25)18(38)30-12(4-10-7-26-9-28-10)19(39)31-13(5-16(35)36)20(40)32-14(8-33)17(23)37/h7,9,11-14,33H,1-6,8,22H2,(H2,23,37)(H,26,28)(H,29,34)(H,30,38)(H,31,39)(H,32,40)(H,35,36)(H4,24,25,27)/t11-,12-,13-,14-/m0/s1. The van der Waals surface area contributed by atoms with E-state index in [4.69, 9.17) is 22.9 Å². The number of aromatic amines is 1. The van der Waals surface area contributed by atoms with E-state index < -0.39 is 79.2 Å². The number of aromatic nitrogens is 2. The Kier molecular flexibility index (Phi) is 14.1. The maximum atomic E-state index is 13.2. The van der Waals surface area contributed by atoms with E-state index in [2.05, 4.69) is 36.2 Å². The van der Waals surface area contributed by atoms with E-state index in [-0.39, 0.29) is 31.8 Å². The molecule has 0 radical (unpaired) electrons. The number of aliphatic hydroxyl groups excluding tert-OH is 1. The van der Waals surface area contributed by atoms with Crippen LogP contribution in [0.5, 0.6) is 0 Å². The lowest BCUT2D eigenvalue weighted by atomic mass is 10.1. The lowest BCUT2D eigenvalue weighted by Crippen LogP contribution is -2.59. The van der Waals surface area contributed by atoms with E-state index in [1.54, 1.807) is 0 Å². The van der Waals surface area contributed by atoms with Gasteiger partial charge in [0.05, 0.1) is 25.9 Å². The number of nitrogens with two attached hydrogens (primary N) is 4. The monoisotopic (exact) mass is 569 g/mol. The first kappa shape index (κ1) is 33.2. The summed E-state index contributed by atoms with van der Waals surface area (Å²) in [4.78, 5) is 83.9. The second kappa shape index (κ2) is 16.9. The Balaban J connectivity index is 3.15. The van der Waals surface area contributed by atoms with Crippen molar-refractivity contribution in [3.63, 3.8) is 0 Å². The molecule has 19 heteroatoms. The average Bonchev–Trinajstić information content (AvgIpc) is 3.40. The maximum Gasteiger partial charge on any atom is 0.305 e. The number of nitrogens with zero attached hydrogens (tertiary/aromatic N) is 2. The van der Waals surface area contributed by atoms with Crippen molar-refractivity contribution in [2.24, 2.45) is 27.9 Å². The molecule has 1 rings (SSSR count). The number of carboxylic acids is 1. The van der Waals surface area contributed by atoms with Gasteiger partial charge < -0.3 is 59.4 Å². The Morgan fingerprint density at radius 1 is 0.925 bits per heavy atom. The largest absolute Gasteiger partial charge is 0.481 e. The second-order valence-corrected chi connectivity index (χ2v) is 8.42. The summed E-state index contributed by atoms with van der Waals surface area (Å²) < 4.78 is 0. The number of rotatable bonds is 18. The Hall–Kier alpha value is -4.78. The zero-order valence-corrected chi connectivity index (χ0v) is 21.5. The third-order valence-electron chi connectivity index (χ3n) is 5.25. The van der Waals surface area contributed by atoms with Crippen LogP contribution in [0.3, 0.4) is 0 Å². The van der Waals surface area contributed by atoms with Crippen molar-refractivity contribution >= 4 is 41.5 Å². The number of guanidine groups is 1. The number of aliphatic carboxylic acids is 1. The highest BCUT2D eigenvalue weighted by atomic mass is 16.4. The van der Waals surface area contributed by atoms with Crippen LogP contribution in [-0.2, 0) is 35.2 Å². The van der Waals surface area contributed by atoms with Crippen LogP contribution in [0, 0.1) is 0 Å². The summed E-state index contributed by atoms with van der Waals surface area (Å²) in [6.07, 6.45) is 1.94. The molecule has 0 bridgehead atoms. The fraction of sp³-hybridized carbons (Fsp3) is 0.524. The SMILES string of the molecule is NCC(=O)N[C@@H](CCCN=C(N)N)C(=O)N[C@@H](Cc1cnc[nH]1)C(=O)N[C@@H](CC(=O)O)C(=O)N[C@@H](CO)C(N)=O. The first-order chi connectivity index (χ1) is 18.9. The number of amides is 5. The molecule has 0 fully saturated rings. The summed E-state index contributed by atoms with van der Waals surface area (Å²) in [5, 5.41) is 27.6. The molecular formula is C21H35N11O8. The Morgan fingerprint density at radius 2 is 1.52 bits per heavy atom. The van der Waals surface area contributed by atoms with Crippen molar-refractivity contribution in [1.82, 2.24) is 31.2 Å². The van der Waals surface area contributed by atoms with Gasteiger partial charge in [-0.3, -0.25) is 33.8 Å². The number of carbonyl (C=O) groups is 6. The highest BCUT2D eigenvalue weighted by molar-refractivity contribution is 5.96. The minimum absolute atomic E-state index is 0.0620. The molecule has 0 saturated carbocycles. The molecule has 1 aromatic heterocycles. The van der Waals surface area contributed by atoms with Crippen molar-refractivity contribution in [3.05, 3.63) is 18.2 Å². The van der Waals surface area contributed by atoms with Crippen molar-refractivity contribution < 1.29 is 39.0 Å². The molecule has 0 aliphatic carbocycles. The number of primary amides is 1. The Bertz CT molecular complexity index is 1060. The van der Waals surface area contributed by atoms with Crippen LogP contribution in [0.15, 0.2) is 17.5 Å². The van der Waals surface area contributed by atoms with E-state index in [1.165, 1.54) is 12.5 Å². The summed E-state index contributed by atoms with van der Waals surface area (Å²) in [6, 6.07) is -5.79. The fourth-order valence-corrected chi connectivity index (χ4v) is 3.26. The van der Waals surface area contributed by atoms with Gasteiger partial charge in [0.25, 0.3) is 0 Å². The number of carbonyl (C=O) groups excluding carboxylic acids is 5. The van der Waals surface area contributed by atoms with Crippen LogP contribution >= 0.6 is 0 Å². The number of hydrogen-bond donors (Lipinski definition) is 11. The number of H-pyrrole nitrogens is 1. The van der Waals surface area contributed by atoms with Crippen molar-refractivity contribution in [2.45, 2.75) is 49.9 Å². The summed E-state index contributed by atoms with van der Waals surface area (Å²) in [6.45, 7) is -1.14. The van der Waals surface area contributed by atoms with Gasteiger partial charge in [0.15, 0.2) is 5.96 Å². The first-order valence-corrected chi connectivity index (χ1v) is 11.9. The summed E-state index contributed by atoms with van der Waals surface area (Å²) in [7, 11) is 0. The van der Waals surface area contributed by atoms with Crippen LogP contribution in [0.25, 0.3) is 0 Å². The Morgan fingerprint density at radius 3 is 2.05 bits per heavy atom. The van der Waals surface area contributed by atoms with Crippen LogP contribution in [-0.4, -0.2) is 106 Å². The molecule has 0 aliphatic heterocycles. The first-order valence-electron chi connectivity index (χ1n) is 11.9. The fourth-order valence-electron chi connectivity index (χ4n) is 3.26. The molecule has 0 aromatic carbocycles. The van der Waals surface area contributed by atoms with Gasteiger partial charge in [-0.1, -0.05) is 0 Å². The van der Waals surface area contributed by atoms with Crippen LogP contribution in [0.1, 0.15) is 25.0 Å². The molecule has 0 unspecified atom stereocenters. The van der Waals surface area contributed by atoms with E-state index in [0.29, 0.717) is 5.69 Å². The molecule has 19 nitrogen and oxygen atoms in total. The lowest BCUT2D eigenvalue weighted by molar-refractivity contribution is -0.141. The quantitative estimate of drug-likeness (QED) is 0.0447. The van der Waals surface area contributed by atoms with Crippen LogP contribution in [0.4, 0.5) is 0 Å². The molecule has 1 aromatic rings. The van der Waals surface area contributed by atoms with Gasteiger partial charge in [-0.25, -0.2) is 4.98 Å². The summed E-state index contributed by atoms with van der Waals surface area (Å²) in [5.74, 6) is -6.27. The maximum absolute atomic E-state index is 13.2. The number of aliphatic imine (C=N–C) groups is 1. The number of nitrogens with one attached hydrogen (secondary N) is 5. The van der Waals surface area contributed by atoms with Gasteiger partial charge >= 0.3 is 5.97 Å². The van der Waals surface area contributed by atoms with Gasteiger partial charge in [-0.05, 0) is 12.8 Å². The third-order valence-corrected chi connectivity index (χ3v) is 5.25. The Labute approximate surface area is 227 Å². The highest BCUT2D eigenvalue weighted by Gasteiger charge is 2.32. The molecule has 1 heterocycles. The van der Waals surface area contributed by atoms with Crippen LogP contribution < -0.4 is 44.2 Å². The van der Waals surface area contributed by atoms with E-state index >= 15 is 0 Å². The van der Waals surface area contributed by atoms with Gasteiger partial charge in [0.2, 0.25) is 29.5 Å². The van der Waals surface area contributed by atoms with Crippen molar-refractivity contribution in [3.8, 4) is 0 Å². The molecule has 4 atom stereocenters. The molecule has 40 heavy (non-hydrogen) atoms. The minimum atomic E-state index is -1.72. The second-order valence-electron chi connectivity index (χ2n) is 8.42. The van der Waals surface area contributed by atoms with Crippen LogP contribution in [0.2, 0.25) is 0 Å². The topological polar surface area (TPSA) is 336 Å². The number of carboxylic acid groups (broad SMARTS) is 1. The summed E-state index contributed by atoms with van der Waals surface area (Å²) >= 11 is 0. The summed E-state index contributed by atoms with van der Waals surface area (Å²) in [5.41, 5.74) is 21.4. The highest BCUT2D eigenvalue weighted by Crippen LogP contribution is 2.05. The van der Waals surface area contributed by atoms with E-state index in [1.807, 2.05) is 0 Å². The number of aliphatic hydroxyl groups is 1. The van der Waals surface area contributed by atoms with Crippen molar-refractivity contribution in [1.29, 1.82) is 0 Å². The average molecular weight is 570 g/mol. The third kappa shape index (κ3) is 12.2. The smallest absolute Gasteiger partial charge is 0.305 e. The molecule has 0 aliphatic rings. The predicted octanol–water partition coefficient (Wildman–Crippen LogP) is -6.14. The van der Waals surface area contributed by atoms with E-state index in [9.17, 15) is 39.0 Å². The molecule has 5 amide bonds. The zero-order valence-electron chi connectivity index (χ0n) is 21.5. The predicted molar refractivity (Wildman–Crippen MR) is 138 cm³/mol. The van der Waals surface area contributed by atoms with Gasteiger partial charge in [0, 0.05) is 24.9 Å². The van der Waals surface area contributed by atoms with Crippen molar-refractivity contribution in [2.75, 3.05) is 19.7 Å². The lowest BCUT2D eigenvalue weighted by Gasteiger charge is -2.25.